The van der Waals surface area contributed by atoms with Crippen LogP contribution in [0.4, 0.5) is 5.69 Å². The fourth-order valence-electron chi connectivity index (χ4n) is 2.75. The van der Waals surface area contributed by atoms with Crippen LogP contribution in [0.1, 0.15) is 30.5 Å². The second-order valence-corrected chi connectivity index (χ2v) is 8.09. The summed E-state index contributed by atoms with van der Waals surface area (Å²) in [6.07, 6.45) is 0.927. The summed E-state index contributed by atoms with van der Waals surface area (Å²) in [7, 11) is -3.62. The third kappa shape index (κ3) is 4.93. The second kappa shape index (κ2) is 8.47. The number of nitrogens with zero attached hydrogens (tertiary/aromatic N) is 1. The van der Waals surface area contributed by atoms with Crippen molar-refractivity contribution in [3.05, 3.63) is 59.2 Å². The van der Waals surface area contributed by atoms with E-state index in [1.807, 2.05) is 37.3 Å². The van der Waals surface area contributed by atoms with Crippen molar-refractivity contribution in [3.8, 4) is 0 Å². The van der Waals surface area contributed by atoms with Gasteiger partial charge in [-0.25, -0.2) is 13.1 Å². The third-order valence-electron chi connectivity index (χ3n) is 4.30. The molecule has 2 aromatic rings. The molecule has 0 aliphatic heterocycles. The number of amides is 1. The molecule has 0 bridgehead atoms. The molecule has 0 radical (unpaired) electrons. The molecule has 2 aromatic carbocycles. The molecule has 0 fully saturated rings. The van der Waals surface area contributed by atoms with Crippen LogP contribution in [-0.4, -0.2) is 27.4 Å². The van der Waals surface area contributed by atoms with Gasteiger partial charge in [0.1, 0.15) is 0 Å². The maximum absolute atomic E-state index is 12.6. The molecular formula is C20H26N2O3S. The summed E-state index contributed by atoms with van der Waals surface area (Å²) in [5.74, 6) is -0.125. The van der Waals surface area contributed by atoms with Crippen molar-refractivity contribution in [1.82, 2.24) is 4.72 Å². The molecule has 0 saturated carbocycles. The van der Waals surface area contributed by atoms with E-state index in [9.17, 15) is 13.2 Å². The first-order valence-electron chi connectivity index (χ1n) is 8.68. The Morgan fingerprint density at radius 1 is 1.08 bits per heavy atom. The van der Waals surface area contributed by atoms with Crippen molar-refractivity contribution in [2.75, 3.05) is 18.0 Å². The van der Waals surface area contributed by atoms with Gasteiger partial charge in [0.15, 0.2) is 0 Å². The molecule has 5 nitrogen and oxygen atoms in total. The van der Waals surface area contributed by atoms with Gasteiger partial charge in [0.2, 0.25) is 15.9 Å². The van der Waals surface area contributed by atoms with Crippen LogP contribution < -0.4 is 9.62 Å². The lowest BCUT2D eigenvalue weighted by Crippen LogP contribution is -2.37. The van der Waals surface area contributed by atoms with E-state index in [1.54, 1.807) is 24.0 Å². The molecule has 1 N–H and O–H groups in total. The highest BCUT2D eigenvalue weighted by molar-refractivity contribution is 7.89. The lowest BCUT2D eigenvalue weighted by Gasteiger charge is -2.22. The smallest absolute Gasteiger partial charge is 0.240 e. The molecule has 26 heavy (non-hydrogen) atoms. The van der Waals surface area contributed by atoms with E-state index in [0.717, 1.165) is 17.7 Å². The van der Waals surface area contributed by atoms with Gasteiger partial charge in [-0.3, -0.25) is 4.79 Å². The number of hydrogen-bond donors (Lipinski definition) is 1. The molecular weight excluding hydrogens is 348 g/mol. The zero-order valence-electron chi connectivity index (χ0n) is 15.7. The minimum Gasteiger partial charge on any atom is -0.311 e. The summed E-state index contributed by atoms with van der Waals surface area (Å²) in [6.45, 7) is 7.59. The number of anilines is 1. The van der Waals surface area contributed by atoms with Gasteiger partial charge in [0.05, 0.1) is 4.90 Å². The maximum Gasteiger partial charge on any atom is 0.240 e. The molecule has 0 unspecified atom stereocenters. The van der Waals surface area contributed by atoms with Crippen LogP contribution in [0.5, 0.6) is 0 Å². The van der Waals surface area contributed by atoms with Crippen LogP contribution in [0.15, 0.2) is 47.4 Å². The zero-order valence-corrected chi connectivity index (χ0v) is 16.6. The molecule has 2 rings (SSSR count). The minimum atomic E-state index is -3.62. The molecule has 6 heteroatoms. The monoisotopic (exact) mass is 374 g/mol. The Balaban J connectivity index is 2.09. The van der Waals surface area contributed by atoms with Crippen molar-refractivity contribution < 1.29 is 13.2 Å². The molecule has 0 atom stereocenters. The molecule has 0 heterocycles. The molecule has 1 amide bonds. The van der Waals surface area contributed by atoms with Crippen LogP contribution in [0.2, 0.25) is 0 Å². The largest absolute Gasteiger partial charge is 0.311 e. The van der Waals surface area contributed by atoms with Gasteiger partial charge in [-0.1, -0.05) is 31.2 Å². The minimum absolute atomic E-state index is 0.125. The molecule has 0 aliphatic carbocycles. The molecule has 0 saturated heterocycles. The number of hydrogen-bond acceptors (Lipinski definition) is 3. The van der Waals surface area contributed by atoms with Gasteiger partial charge in [-0.15, -0.1) is 0 Å². The highest BCUT2D eigenvalue weighted by Crippen LogP contribution is 2.18. The number of aryl methyl sites for hydroxylation is 3. The number of carbonyl (C=O) groups is 1. The van der Waals surface area contributed by atoms with Gasteiger partial charge in [0.25, 0.3) is 0 Å². The van der Waals surface area contributed by atoms with E-state index in [0.29, 0.717) is 5.56 Å². The molecule has 0 aromatic heterocycles. The van der Waals surface area contributed by atoms with Crippen LogP contribution in [0, 0.1) is 13.8 Å². The Labute approximate surface area is 156 Å². The first kappa shape index (κ1) is 20.1. The standard InChI is InChI=1S/C20H26N2O3S/c1-5-18-8-10-19(11-9-18)22(17(4)23)13-12-21-26(24,25)20-14-15(2)6-7-16(20)3/h6-11,14,21H,5,12-13H2,1-4H3. The molecule has 140 valence electrons. The number of rotatable bonds is 7. The zero-order chi connectivity index (χ0) is 19.3. The predicted octanol–water partition coefficient (Wildman–Crippen LogP) is 3.20. The van der Waals surface area contributed by atoms with E-state index in [2.05, 4.69) is 11.6 Å². The number of benzene rings is 2. The summed E-state index contributed by atoms with van der Waals surface area (Å²) < 4.78 is 27.7. The highest BCUT2D eigenvalue weighted by Gasteiger charge is 2.18. The Morgan fingerprint density at radius 3 is 2.31 bits per heavy atom. The topological polar surface area (TPSA) is 66.5 Å². The Morgan fingerprint density at radius 2 is 1.73 bits per heavy atom. The maximum atomic E-state index is 12.6. The lowest BCUT2D eigenvalue weighted by molar-refractivity contribution is -0.116. The first-order valence-corrected chi connectivity index (χ1v) is 10.2. The van der Waals surface area contributed by atoms with Crippen molar-refractivity contribution in [2.45, 2.75) is 39.0 Å². The molecule has 0 spiro atoms. The van der Waals surface area contributed by atoms with Crippen molar-refractivity contribution in [3.63, 3.8) is 0 Å². The van der Waals surface area contributed by atoms with Crippen molar-refractivity contribution >= 4 is 21.6 Å². The lowest BCUT2D eigenvalue weighted by atomic mass is 10.1. The summed E-state index contributed by atoms with van der Waals surface area (Å²) in [6, 6.07) is 13.1. The average molecular weight is 375 g/mol. The van der Waals surface area contributed by atoms with Crippen molar-refractivity contribution in [1.29, 1.82) is 0 Å². The third-order valence-corrected chi connectivity index (χ3v) is 5.90. The Bertz CT molecular complexity index is 874. The van der Waals surface area contributed by atoms with Crippen LogP contribution >= 0.6 is 0 Å². The Hall–Kier alpha value is -2.18. The summed E-state index contributed by atoms with van der Waals surface area (Å²) in [5.41, 5.74) is 3.53. The van der Waals surface area contributed by atoms with E-state index in [1.165, 1.54) is 12.5 Å². The van der Waals surface area contributed by atoms with E-state index in [4.69, 9.17) is 0 Å². The van der Waals surface area contributed by atoms with Crippen LogP contribution in [0.25, 0.3) is 0 Å². The van der Waals surface area contributed by atoms with E-state index < -0.39 is 10.0 Å². The number of sulfonamides is 1. The summed E-state index contributed by atoms with van der Waals surface area (Å²) in [5, 5.41) is 0. The fourth-order valence-corrected chi connectivity index (χ4v) is 4.09. The molecule has 0 aliphatic rings. The normalized spacial score (nSPS) is 11.4. The average Bonchev–Trinajstić information content (AvgIpc) is 2.60. The SMILES string of the molecule is CCc1ccc(N(CCNS(=O)(=O)c2cc(C)ccc2C)C(C)=O)cc1. The van der Waals surface area contributed by atoms with E-state index in [-0.39, 0.29) is 23.9 Å². The van der Waals surface area contributed by atoms with Crippen molar-refractivity contribution in [2.24, 2.45) is 0 Å². The first-order chi connectivity index (χ1) is 12.2. The van der Waals surface area contributed by atoms with Gasteiger partial charge < -0.3 is 4.90 Å². The number of nitrogens with one attached hydrogen (secondary N) is 1. The fraction of sp³-hybridized carbons (Fsp3) is 0.350. The van der Waals surface area contributed by atoms with Crippen LogP contribution in [0.3, 0.4) is 0 Å². The van der Waals surface area contributed by atoms with Crippen LogP contribution in [-0.2, 0) is 21.2 Å². The second-order valence-electron chi connectivity index (χ2n) is 6.36. The van der Waals surface area contributed by atoms with Gasteiger partial charge in [-0.05, 0) is 55.2 Å². The van der Waals surface area contributed by atoms with E-state index >= 15 is 0 Å². The number of carbonyl (C=O) groups excluding carboxylic acids is 1. The summed E-state index contributed by atoms with van der Waals surface area (Å²) in [4.78, 5) is 13.8. The highest BCUT2D eigenvalue weighted by atomic mass is 32.2. The Kier molecular flexibility index (Phi) is 6.56. The predicted molar refractivity (Wildman–Crippen MR) is 105 cm³/mol. The quantitative estimate of drug-likeness (QED) is 0.809. The van der Waals surface area contributed by atoms with Gasteiger partial charge in [-0.2, -0.15) is 0 Å². The summed E-state index contributed by atoms with van der Waals surface area (Å²) >= 11 is 0. The van der Waals surface area contributed by atoms with Gasteiger partial charge in [0, 0.05) is 25.7 Å². The van der Waals surface area contributed by atoms with Gasteiger partial charge >= 0.3 is 0 Å².